The summed E-state index contributed by atoms with van der Waals surface area (Å²) in [6, 6.07) is 61.7. The molecule has 9 aromatic carbocycles. The van der Waals surface area contributed by atoms with E-state index in [4.69, 9.17) is 4.42 Å². The van der Waals surface area contributed by atoms with E-state index in [1.807, 2.05) is 0 Å². The quantitative estimate of drug-likeness (QED) is 0.185. The monoisotopic (exact) mass is 596 g/mol. The van der Waals surface area contributed by atoms with E-state index in [1.54, 1.807) is 0 Å². The van der Waals surface area contributed by atoms with E-state index in [2.05, 4.69) is 170 Å². The number of benzene rings is 9. The minimum absolute atomic E-state index is 0.917. The van der Waals surface area contributed by atoms with Crippen LogP contribution in [0.25, 0.3) is 98.4 Å². The van der Waals surface area contributed by atoms with Crippen LogP contribution in [0.3, 0.4) is 0 Å². The van der Waals surface area contributed by atoms with Crippen molar-refractivity contribution in [2.45, 2.75) is 0 Å². The number of fused-ring (bicyclic) bond motifs is 7. The van der Waals surface area contributed by atoms with Crippen LogP contribution in [0.15, 0.2) is 174 Å². The van der Waals surface area contributed by atoms with Crippen molar-refractivity contribution in [2.24, 2.45) is 0 Å². The molecule has 0 atom stereocenters. The SMILES string of the molecule is c1ccc2cc(-c3c4ccccc4c(-c4ccc(-c5ccc6oc7cc8ccccc8cc7c6c5)cc4)c4ccccc34)ccc2c1. The Bertz CT molecular complexity index is 2780. The Morgan fingerprint density at radius 2 is 0.723 bits per heavy atom. The Hall–Kier alpha value is -6.18. The van der Waals surface area contributed by atoms with Crippen LogP contribution in [-0.4, -0.2) is 0 Å². The Kier molecular flexibility index (Phi) is 5.64. The zero-order valence-electron chi connectivity index (χ0n) is 25.6. The van der Waals surface area contributed by atoms with Crippen LogP contribution < -0.4 is 0 Å². The molecule has 0 saturated heterocycles. The van der Waals surface area contributed by atoms with Crippen molar-refractivity contribution in [3.63, 3.8) is 0 Å². The highest BCUT2D eigenvalue weighted by molar-refractivity contribution is 6.21. The largest absolute Gasteiger partial charge is 0.456 e. The summed E-state index contributed by atoms with van der Waals surface area (Å²) < 4.78 is 6.27. The molecule has 0 bridgehead atoms. The van der Waals surface area contributed by atoms with E-state index in [0.29, 0.717) is 0 Å². The highest BCUT2D eigenvalue weighted by Gasteiger charge is 2.17. The van der Waals surface area contributed by atoms with E-state index in [1.165, 1.54) is 76.5 Å². The summed E-state index contributed by atoms with van der Waals surface area (Å²) in [5.74, 6) is 0. The molecule has 0 aliphatic rings. The summed E-state index contributed by atoms with van der Waals surface area (Å²) >= 11 is 0. The summed E-state index contributed by atoms with van der Waals surface area (Å²) in [7, 11) is 0. The molecular formula is C46H28O. The molecule has 0 N–H and O–H groups in total. The van der Waals surface area contributed by atoms with Gasteiger partial charge in [-0.25, -0.2) is 0 Å². The summed E-state index contributed by atoms with van der Waals surface area (Å²) in [6.07, 6.45) is 0. The lowest BCUT2D eigenvalue weighted by atomic mass is 9.85. The molecule has 10 rings (SSSR count). The van der Waals surface area contributed by atoms with Crippen molar-refractivity contribution in [3.05, 3.63) is 170 Å². The van der Waals surface area contributed by atoms with Gasteiger partial charge in [0.1, 0.15) is 11.2 Å². The summed E-state index contributed by atoms with van der Waals surface area (Å²) in [6.45, 7) is 0. The highest BCUT2D eigenvalue weighted by atomic mass is 16.3. The number of hydrogen-bond acceptors (Lipinski definition) is 1. The lowest BCUT2D eigenvalue weighted by Gasteiger charge is -2.18. The van der Waals surface area contributed by atoms with E-state index in [9.17, 15) is 0 Å². The van der Waals surface area contributed by atoms with Crippen molar-refractivity contribution >= 4 is 65.0 Å². The highest BCUT2D eigenvalue weighted by Crippen LogP contribution is 2.44. The molecule has 1 aromatic heterocycles. The topological polar surface area (TPSA) is 13.1 Å². The van der Waals surface area contributed by atoms with Crippen molar-refractivity contribution in [1.29, 1.82) is 0 Å². The van der Waals surface area contributed by atoms with Crippen LogP contribution in [0.5, 0.6) is 0 Å². The molecular weight excluding hydrogens is 569 g/mol. The van der Waals surface area contributed by atoms with Crippen LogP contribution in [0.1, 0.15) is 0 Å². The van der Waals surface area contributed by atoms with Crippen LogP contribution >= 0.6 is 0 Å². The van der Waals surface area contributed by atoms with Crippen molar-refractivity contribution in [3.8, 4) is 33.4 Å². The van der Waals surface area contributed by atoms with Gasteiger partial charge in [0.25, 0.3) is 0 Å². The lowest BCUT2D eigenvalue weighted by Crippen LogP contribution is -1.91. The Balaban J connectivity index is 1.13. The second-order valence-electron chi connectivity index (χ2n) is 12.5. The first-order chi connectivity index (χ1) is 23.3. The van der Waals surface area contributed by atoms with Crippen LogP contribution in [0.2, 0.25) is 0 Å². The van der Waals surface area contributed by atoms with E-state index in [-0.39, 0.29) is 0 Å². The van der Waals surface area contributed by atoms with Crippen LogP contribution in [0.4, 0.5) is 0 Å². The zero-order chi connectivity index (χ0) is 30.9. The fourth-order valence-electron chi connectivity index (χ4n) is 7.57. The minimum atomic E-state index is 0.917. The first-order valence-corrected chi connectivity index (χ1v) is 16.2. The maximum atomic E-state index is 6.27. The van der Waals surface area contributed by atoms with Crippen molar-refractivity contribution in [2.75, 3.05) is 0 Å². The molecule has 1 nitrogen and oxygen atoms in total. The molecule has 1 heteroatoms. The number of rotatable bonds is 3. The average molecular weight is 597 g/mol. The van der Waals surface area contributed by atoms with E-state index in [0.717, 1.165) is 21.9 Å². The Labute approximate surface area is 271 Å². The number of furan rings is 1. The van der Waals surface area contributed by atoms with Crippen molar-refractivity contribution in [1.82, 2.24) is 0 Å². The molecule has 0 aliphatic carbocycles. The van der Waals surface area contributed by atoms with Gasteiger partial charge in [-0.2, -0.15) is 0 Å². The summed E-state index contributed by atoms with van der Waals surface area (Å²) in [4.78, 5) is 0. The van der Waals surface area contributed by atoms with Gasteiger partial charge in [0.05, 0.1) is 0 Å². The fourth-order valence-corrected chi connectivity index (χ4v) is 7.57. The first-order valence-electron chi connectivity index (χ1n) is 16.2. The van der Waals surface area contributed by atoms with Crippen molar-refractivity contribution < 1.29 is 4.42 Å². The molecule has 0 radical (unpaired) electrons. The van der Waals surface area contributed by atoms with Gasteiger partial charge in [0, 0.05) is 10.8 Å². The van der Waals surface area contributed by atoms with Gasteiger partial charge in [-0.1, -0.05) is 140 Å². The second kappa shape index (κ2) is 10.2. The minimum Gasteiger partial charge on any atom is -0.456 e. The molecule has 0 spiro atoms. The third-order valence-corrected chi connectivity index (χ3v) is 9.81. The zero-order valence-corrected chi connectivity index (χ0v) is 25.6. The van der Waals surface area contributed by atoms with Crippen LogP contribution in [0, 0.1) is 0 Å². The predicted molar refractivity (Wildman–Crippen MR) is 200 cm³/mol. The first kappa shape index (κ1) is 26.1. The average Bonchev–Trinajstić information content (AvgIpc) is 3.49. The maximum Gasteiger partial charge on any atom is 0.136 e. The standard InChI is InChI=1S/C46H28O/c1-2-10-32-25-36(22-19-29(32)9-1)46-39-15-7-5-13-37(39)45(38-14-6-8-16-40(38)46)31-20-17-30(18-21-31)35-23-24-43-41(27-35)42-26-33-11-3-4-12-34(33)28-44(42)47-43/h1-28H. The molecule has 0 amide bonds. The Morgan fingerprint density at radius 3 is 1.38 bits per heavy atom. The van der Waals surface area contributed by atoms with E-state index >= 15 is 0 Å². The second-order valence-corrected chi connectivity index (χ2v) is 12.5. The molecule has 1 heterocycles. The van der Waals surface area contributed by atoms with Gasteiger partial charge >= 0.3 is 0 Å². The molecule has 0 unspecified atom stereocenters. The Morgan fingerprint density at radius 1 is 0.255 bits per heavy atom. The number of hydrogen-bond donors (Lipinski definition) is 0. The molecule has 0 saturated carbocycles. The van der Waals surface area contributed by atoms with Gasteiger partial charge in [-0.15, -0.1) is 0 Å². The summed E-state index contributed by atoms with van der Waals surface area (Å²) in [5, 5.41) is 12.3. The lowest BCUT2D eigenvalue weighted by molar-refractivity contribution is 0.669. The normalized spacial score (nSPS) is 11.8. The van der Waals surface area contributed by atoms with Gasteiger partial charge in [-0.05, 0) is 107 Å². The molecule has 218 valence electrons. The maximum absolute atomic E-state index is 6.27. The molecule has 47 heavy (non-hydrogen) atoms. The van der Waals surface area contributed by atoms with Crippen LogP contribution in [-0.2, 0) is 0 Å². The van der Waals surface area contributed by atoms with Gasteiger partial charge < -0.3 is 4.42 Å². The fraction of sp³-hybridized carbons (Fsp3) is 0. The predicted octanol–water partition coefficient (Wildman–Crippen LogP) is 13.2. The molecule has 0 aliphatic heterocycles. The third kappa shape index (κ3) is 4.10. The van der Waals surface area contributed by atoms with Gasteiger partial charge in [0.2, 0.25) is 0 Å². The van der Waals surface area contributed by atoms with Gasteiger partial charge in [-0.3, -0.25) is 0 Å². The smallest absolute Gasteiger partial charge is 0.136 e. The molecule has 10 aromatic rings. The third-order valence-electron chi connectivity index (χ3n) is 9.81. The molecule has 0 fully saturated rings. The van der Waals surface area contributed by atoms with E-state index < -0.39 is 0 Å². The van der Waals surface area contributed by atoms with Gasteiger partial charge in [0.15, 0.2) is 0 Å². The summed E-state index contributed by atoms with van der Waals surface area (Å²) in [5.41, 5.74) is 9.23.